The second kappa shape index (κ2) is 8.03. The molecule has 0 unspecified atom stereocenters. The summed E-state index contributed by atoms with van der Waals surface area (Å²) in [5.41, 5.74) is 1.35. The zero-order valence-electron chi connectivity index (χ0n) is 13.2. The maximum atomic E-state index is 5.80. The number of anilines is 1. The van der Waals surface area contributed by atoms with Gasteiger partial charge in [-0.1, -0.05) is 13.3 Å². The van der Waals surface area contributed by atoms with Crippen molar-refractivity contribution >= 4 is 28.6 Å². The Morgan fingerprint density at radius 3 is 2.68 bits per heavy atom. The average molecular weight is 328 g/mol. The molecule has 0 aliphatic carbocycles. The highest BCUT2D eigenvalue weighted by Gasteiger charge is 2.18. The van der Waals surface area contributed by atoms with Crippen LogP contribution in [-0.4, -0.2) is 46.2 Å². The Morgan fingerprint density at radius 2 is 2.05 bits per heavy atom. The third kappa shape index (κ3) is 3.52. The molecule has 7 nitrogen and oxygen atoms in total. The second-order valence-electron chi connectivity index (χ2n) is 4.77. The van der Waals surface area contributed by atoms with Crippen molar-refractivity contribution in [3.05, 3.63) is 0 Å². The van der Waals surface area contributed by atoms with E-state index in [4.69, 9.17) is 21.1 Å². The largest absolute Gasteiger partial charge is 0.468 e. The van der Waals surface area contributed by atoms with Gasteiger partial charge in [0, 0.05) is 19.5 Å². The normalized spacial score (nSPS) is 10.9. The van der Waals surface area contributed by atoms with Crippen LogP contribution in [0.25, 0.3) is 11.2 Å². The van der Waals surface area contributed by atoms with Crippen LogP contribution in [0.2, 0.25) is 0 Å². The van der Waals surface area contributed by atoms with Crippen molar-refractivity contribution in [2.75, 3.05) is 32.0 Å². The van der Waals surface area contributed by atoms with Crippen LogP contribution in [0.3, 0.4) is 0 Å². The number of unbranched alkanes of at least 4 members (excludes halogenated alkanes) is 1. The molecule has 0 aliphatic heterocycles. The maximum absolute atomic E-state index is 5.80. The number of aromatic nitrogens is 4. The number of hydrogen-bond donors (Lipinski definition) is 1. The molecule has 2 aromatic rings. The molecule has 0 saturated carbocycles. The summed E-state index contributed by atoms with van der Waals surface area (Å²) in [6, 6.07) is 0.844. The molecule has 2 heterocycles. The first-order valence-corrected chi connectivity index (χ1v) is 7.97. The number of fused-ring (bicyclic) bond motifs is 1. The van der Waals surface area contributed by atoms with Gasteiger partial charge in [-0.15, -0.1) is 11.6 Å². The lowest BCUT2D eigenvalue weighted by Gasteiger charge is -2.08. The third-order valence-electron chi connectivity index (χ3n) is 3.20. The second-order valence-corrected chi connectivity index (χ2v) is 5.15. The van der Waals surface area contributed by atoms with Crippen molar-refractivity contribution in [3.63, 3.8) is 0 Å². The highest BCUT2D eigenvalue weighted by atomic mass is 35.5. The van der Waals surface area contributed by atoms with E-state index >= 15 is 0 Å². The first kappa shape index (κ1) is 16.6. The number of halogens is 1. The summed E-state index contributed by atoms with van der Waals surface area (Å²) in [5.74, 6) is 1.19. The van der Waals surface area contributed by atoms with Gasteiger partial charge in [0.1, 0.15) is 0 Å². The minimum Gasteiger partial charge on any atom is -0.468 e. The molecule has 2 rings (SSSR count). The third-order valence-corrected chi connectivity index (χ3v) is 3.47. The zero-order valence-corrected chi connectivity index (χ0v) is 14.0. The smallest absolute Gasteiger partial charge is 0.320 e. The maximum Gasteiger partial charge on any atom is 0.320 e. The molecule has 0 saturated heterocycles. The van der Waals surface area contributed by atoms with Crippen LogP contribution in [0.1, 0.15) is 26.2 Å². The highest BCUT2D eigenvalue weighted by Crippen LogP contribution is 2.27. The monoisotopic (exact) mass is 327 g/mol. The van der Waals surface area contributed by atoms with E-state index in [9.17, 15) is 0 Å². The van der Waals surface area contributed by atoms with Crippen molar-refractivity contribution in [3.8, 4) is 12.0 Å². The Morgan fingerprint density at radius 1 is 1.23 bits per heavy atom. The fourth-order valence-corrected chi connectivity index (χ4v) is 2.20. The van der Waals surface area contributed by atoms with E-state index in [2.05, 4.69) is 27.2 Å². The van der Waals surface area contributed by atoms with Gasteiger partial charge in [-0.2, -0.15) is 15.0 Å². The van der Waals surface area contributed by atoms with Crippen molar-refractivity contribution in [1.82, 2.24) is 19.5 Å². The number of alkyl halides is 1. The number of hydrogen-bond acceptors (Lipinski definition) is 6. The molecule has 0 spiro atoms. The van der Waals surface area contributed by atoms with Crippen LogP contribution >= 0.6 is 11.6 Å². The topological polar surface area (TPSA) is 74.1 Å². The van der Waals surface area contributed by atoms with Gasteiger partial charge in [0.25, 0.3) is 6.01 Å². The fourth-order valence-electron chi connectivity index (χ4n) is 2.08. The molecular weight excluding hydrogens is 306 g/mol. The number of methoxy groups -OCH3 is 1. The molecule has 0 radical (unpaired) electrons. The number of nitrogens with one attached hydrogen (secondary N) is 1. The van der Waals surface area contributed by atoms with Crippen LogP contribution in [-0.2, 0) is 6.54 Å². The fraction of sp³-hybridized carbons (Fsp3) is 0.643. The summed E-state index contributed by atoms with van der Waals surface area (Å²) in [5, 5.41) is 3.03. The van der Waals surface area contributed by atoms with Crippen molar-refractivity contribution < 1.29 is 9.47 Å². The van der Waals surface area contributed by atoms with Gasteiger partial charge in [-0.25, -0.2) is 0 Å². The van der Waals surface area contributed by atoms with E-state index in [0.717, 1.165) is 19.3 Å². The van der Waals surface area contributed by atoms with Gasteiger partial charge in [0.2, 0.25) is 0 Å². The number of aryl methyl sites for hydroxylation is 1. The molecule has 0 fully saturated rings. The van der Waals surface area contributed by atoms with Crippen LogP contribution in [0.4, 0.5) is 5.82 Å². The predicted molar refractivity (Wildman–Crippen MR) is 87.2 cm³/mol. The van der Waals surface area contributed by atoms with Crippen molar-refractivity contribution in [1.29, 1.82) is 0 Å². The predicted octanol–water partition coefficient (Wildman–Crippen LogP) is 2.68. The number of nitrogens with zero attached hydrogens (tertiary/aromatic N) is 4. The first-order chi connectivity index (χ1) is 10.7. The number of imidazole rings is 1. The summed E-state index contributed by atoms with van der Waals surface area (Å²) in [4.78, 5) is 13.3. The van der Waals surface area contributed by atoms with Gasteiger partial charge in [-0.05, 0) is 12.8 Å². The lowest BCUT2D eigenvalue weighted by atomic mass is 10.4. The minimum absolute atomic E-state index is 0.347. The van der Waals surface area contributed by atoms with E-state index in [1.54, 1.807) is 14.2 Å². The van der Waals surface area contributed by atoms with Gasteiger partial charge < -0.3 is 14.8 Å². The van der Waals surface area contributed by atoms with Crippen molar-refractivity contribution in [2.45, 2.75) is 32.7 Å². The molecule has 0 atom stereocenters. The molecule has 8 heteroatoms. The quantitative estimate of drug-likeness (QED) is 0.564. The minimum atomic E-state index is 0.347. The summed E-state index contributed by atoms with van der Waals surface area (Å²) in [6.07, 6.45) is 2.82. The molecule has 0 amide bonds. The first-order valence-electron chi connectivity index (χ1n) is 7.43. The van der Waals surface area contributed by atoms with E-state index in [1.807, 2.05) is 4.57 Å². The summed E-state index contributed by atoms with van der Waals surface area (Å²) in [7, 11) is 3.38. The molecule has 0 aliphatic rings. The summed E-state index contributed by atoms with van der Waals surface area (Å²) >= 11 is 5.80. The van der Waals surface area contributed by atoms with Gasteiger partial charge in [-0.3, -0.25) is 4.57 Å². The van der Waals surface area contributed by atoms with E-state index in [1.165, 1.54) is 0 Å². The van der Waals surface area contributed by atoms with Crippen LogP contribution in [0, 0.1) is 0 Å². The molecule has 0 bridgehead atoms. The lowest BCUT2D eigenvalue weighted by molar-refractivity contribution is 0.286. The van der Waals surface area contributed by atoms with Crippen LogP contribution in [0.15, 0.2) is 0 Å². The van der Waals surface area contributed by atoms with Crippen molar-refractivity contribution in [2.24, 2.45) is 0 Å². The Balaban J connectivity index is 2.44. The van der Waals surface area contributed by atoms with Gasteiger partial charge in [0.05, 0.1) is 13.7 Å². The van der Waals surface area contributed by atoms with E-state index in [-0.39, 0.29) is 0 Å². The number of ether oxygens (including phenoxy) is 2. The molecule has 1 N–H and O–H groups in total. The summed E-state index contributed by atoms with van der Waals surface area (Å²) < 4.78 is 12.9. The van der Waals surface area contributed by atoms with Gasteiger partial charge >= 0.3 is 6.01 Å². The van der Waals surface area contributed by atoms with E-state index in [0.29, 0.717) is 48.0 Å². The molecule has 0 aromatic carbocycles. The molecular formula is C14H22ClN5O2. The van der Waals surface area contributed by atoms with E-state index < -0.39 is 0 Å². The molecule has 2 aromatic heterocycles. The standard InChI is InChI=1S/C14H22ClN5O2/c1-4-5-9-22-13-18-11(16-2)10-12(19-13)20(8-6-7-15)14(17-10)21-3/h4-9H2,1-3H3,(H,16,18,19). The summed E-state index contributed by atoms with van der Waals surface area (Å²) in [6.45, 7) is 3.38. The van der Waals surface area contributed by atoms with Gasteiger partial charge in [0.15, 0.2) is 17.0 Å². The number of rotatable bonds is 9. The Hall–Kier alpha value is -1.76. The Labute approximate surface area is 135 Å². The lowest BCUT2D eigenvalue weighted by Crippen LogP contribution is -2.06. The average Bonchev–Trinajstić information content (AvgIpc) is 2.90. The highest BCUT2D eigenvalue weighted by molar-refractivity contribution is 6.17. The SMILES string of the molecule is CCCCOc1nc(NC)c2nc(OC)n(CCCCl)c2n1. The molecule has 122 valence electrons. The van der Waals surface area contributed by atoms with Crippen LogP contribution < -0.4 is 14.8 Å². The Bertz CT molecular complexity index is 617. The van der Waals surface area contributed by atoms with Crippen LogP contribution in [0.5, 0.6) is 12.0 Å². The molecule has 22 heavy (non-hydrogen) atoms. The zero-order chi connectivity index (χ0) is 15.9. The Kier molecular flexibility index (Phi) is 6.06.